The summed E-state index contributed by atoms with van der Waals surface area (Å²) in [4.78, 5) is 23.0. The number of halogens is 1. The highest BCUT2D eigenvalue weighted by Crippen LogP contribution is 2.55. The van der Waals surface area contributed by atoms with Gasteiger partial charge in [0.1, 0.15) is 17.9 Å². The van der Waals surface area contributed by atoms with E-state index in [1.807, 2.05) is 12.1 Å². The molecular weight excluding hydrogens is 510 g/mol. The van der Waals surface area contributed by atoms with E-state index in [0.717, 1.165) is 37.2 Å². The van der Waals surface area contributed by atoms with Gasteiger partial charge in [0.15, 0.2) is 0 Å². The van der Waals surface area contributed by atoms with Crippen LogP contribution in [0.3, 0.4) is 0 Å². The van der Waals surface area contributed by atoms with Crippen LogP contribution in [0.4, 0.5) is 0 Å². The molecule has 1 amide bonds. The molecule has 0 spiro atoms. The van der Waals surface area contributed by atoms with E-state index in [0.29, 0.717) is 21.9 Å². The number of likely N-dealkylation sites (N-methyl/N-ethyl adjacent to an activating group) is 1. The summed E-state index contributed by atoms with van der Waals surface area (Å²) in [5, 5.41) is 12.7. The van der Waals surface area contributed by atoms with Gasteiger partial charge in [0.2, 0.25) is 0 Å². The molecular formula is C31H40ClN5O2. The highest BCUT2D eigenvalue weighted by atomic mass is 35.5. The number of likely N-dealkylation sites (tertiary alicyclic amines) is 1. The number of carbonyl (C=O) groups is 1. The Hall–Kier alpha value is -2.66. The van der Waals surface area contributed by atoms with Gasteiger partial charge in [-0.25, -0.2) is 0 Å². The van der Waals surface area contributed by atoms with Crippen LogP contribution in [0, 0.1) is 22.2 Å². The van der Waals surface area contributed by atoms with Crippen LogP contribution in [0.1, 0.15) is 68.6 Å². The van der Waals surface area contributed by atoms with Crippen LogP contribution in [-0.2, 0) is 6.42 Å². The minimum Gasteiger partial charge on any atom is -0.489 e. The maximum atomic E-state index is 13.2. The number of ether oxygens (including phenoxy) is 1. The maximum Gasteiger partial charge on any atom is 0.253 e. The van der Waals surface area contributed by atoms with Crippen molar-refractivity contribution in [1.82, 2.24) is 20.1 Å². The molecule has 7 nitrogen and oxygen atoms in total. The topological polar surface area (TPSA) is 81.5 Å². The largest absolute Gasteiger partial charge is 0.489 e. The number of nitrogens with one attached hydrogen (secondary N) is 1. The molecule has 0 radical (unpaired) electrons. The molecule has 208 valence electrons. The van der Waals surface area contributed by atoms with Crippen molar-refractivity contribution in [3.63, 3.8) is 0 Å². The Balaban J connectivity index is 1.13. The van der Waals surface area contributed by atoms with Gasteiger partial charge >= 0.3 is 0 Å². The van der Waals surface area contributed by atoms with Crippen LogP contribution in [0.5, 0.6) is 5.75 Å². The molecule has 2 aromatic rings. The Kier molecular flexibility index (Phi) is 7.67. The van der Waals surface area contributed by atoms with E-state index in [9.17, 15) is 4.79 Å². The molecule has 8 heteroatoms. The summed E-state index contributed by atoms with van der Waals surface area (Å²) in [6.45, 7) is 11.9. The van der Waals surface area contributed by atoms with Gasteiger partial charge in [0, 0.05) is 60.0 Å². The molecule has 1 N–H and O–H groups in total. The van der Waals surface area contributed by atoms with Gasteiger partial charge in [0.25, 0.3) is 5.91 Å². The zero-order chi connectivity index (χ0) is 27.9. The molecule has 1 aliphatic carbocycles. The van der Waals surface area contributed by atoms with Gasteiger partial charge < -0.3 is 15.0 Å². The molecule has 2 atom stereocenters. The lowest BCUT2D eigenvalue weighted by Gasteiger charge is -2.63. The zero-order valence-corrected chi connectivity index (χ0v) is 24.5. The Morgan fingerprint density at radius 1 is 1.15 bits per heavy atom. The van der Waals surface area contributed by atoms with Crippen LogP contribution in [-0.4, -0.2) is 71.6 Å². The number of hydrogen-bond acceptors (Lipinski definition) is 6. The van der Waals surface area contributed by atoms with Gasteiger partial charge in [-0.2, -0.15) is 5.26 Å². The van der Waals surface area contributed by atoms with Crippen LogP contribution in [0.15, 0.2) is 36.5 Å². The number of piperazine rings is 1. The second kappa shape index (κ2) is 10.7. The second-order valence-electron chi connectivity index (χ2n) is 12.8. The first-order valence-electron chi connectivity index (χ1n) is 14.1. The average molecular weight is 550 g/mol. The Bertz CT molecular complexity index is 1220. The third kappa shape index (κ3) is 5.39. The van der Waals surface area contributed by atoms with Crippen molar-refractivity contribution in [3.05, 3.63) is 58.4 Å². The molecule has 2 bridgehead atoms. The van der Waals surface area contributed by atoms with Crippen LogP contribution >= 0.6 is 11.6 Å². The molecule has 5 rings (SSSR count). The number of hydrogen-bond donors (Lipinski definition) is 1. The number of nitriles is 1. The summed E-state index contributed by atoms with van der Waals surface area (Å²) >= 11 is 6.20. The number of nitrogens with zero attached hydrogens (tertiary/aromatic N) is 4. The highest BCUT2D eigenvalue weighted by molar-refractivity contribution is 6.31. The van der Waals surface area contributed by atoms with Gasteiger partial charge in [-0.15, -0.1) is 0 Å². The minimum absolute atomic E-state index is 0.0880. The monoisotopic (exact) mass is 549 g/mol. The minimum atomic E-state index is -0.310. The fraction of sp³-hybridized carbons (Fsp3) is 0.581. The summed E-state index contributed by atoms with van der Waals surface area (Å²) < 4.78 is 6.33. The van der Waals surface area contributed by atoms with E-state index in [1.165, 1.54) is 25.9 Å². The first-order chi connectivity index (χ1) is 18.5. The van der Waals surface area contributed by atoms with E-state index in [4.69, 9.17) is 21.6 Å². The fourth-order valence-corrected chi connectivity index (χ4v) is 7.60. The van der Waals surface area contributed by atoms with Crippen molar-refractivity contribution in [2.75, 3.05) is 26.7 Å². The standard InChI is InChI=1S/C31H40ClN5O2/c1-30(2)28(31(3,4)29(30)39-25-13-9-20(16-33)26(32)15-25)35-27(38)21-8-10-22(34-17-21)7-6-14-37-18-23-11-12-24(19-37)36(23)5/h8-10,13,15,17,23-24,28-29H,6-7,11-12,14,18-19H2,1-5H3,(H,35,38)/t23?,24?,28-,29-. The number of aromatic nitrogens is 1. The molecule has 1 saturated carbocycles. The van der Waals surface area contributed by atoms with Crippen molar-refractivity contribution in [1.29, 1.82) is 5.26 Å². The predicted octanol–water partition coefficient (Wildman–Crippen LogP) is 4.93. The first kappa shape index (κ1) is 27.9. The lowest BCUT2D eigenvalue weighted by molar-refractivity contribution is -0.164. The predicted molar refractivity (Wildman–Crippen MR) is 153 cm³/mol. The van der Waals surface area contributed by atoms with E-state index >= 15 is 0 Å². The number of rotatable bonds is 8. The average Bonchev–Trinajstić information content (AvgIpc) is 3.10. The molecule has 3 aliphatic rings. The van der Waals surface area contributed by atoms with Crippen molar-refractivity contribution in [2.45, 2.75) is 77.6 Å². The van der Waals surface area contributed by atoms with Crippen LogP contribution in [0.2, 0.25) is 5.02 Å². The maximum absolute atomic E-state index is 13.2. The number of amides is 1. The summed E-state index contributed by atoms with van der Waals surface area (Å²) in [7, 11) is 2.27. The number of aryl methyl sites for hydroxylation is 1. The van der Waals surface area contributed by atoms with E-state index in [1.54, 1.807) is 24.4 Å². The number of fused-ring (bicyclic) bond motifs is 2. The van der Waals surface area contributed by atoms with Crippen molar-refractivity contribution in [2.24, 2.45) is 10.8 Å². The second-order valence-corrected chi connectivity index (χ2v) is 13.2. The molecule has 2 aliphatic heterocycles. The highest BCUT2D eigenvalue weighted by Gasteiger charge is 2.64. The molecule has 39 heavy (non-hydrogen) atoms. The quantitative estimate of drug-likeness (QED) is 0.503. The molecule has 1 aromatic heterocycles. The van der Waals surface area contributed by atoms with E-state index in [-0.39, 0.29) is 28.9 Å². The normalized spacial score (nSPS) is 27.4. The molecule has 2 saturated heterocycles. The SMILES string of the molecule is CN1C2CCC1CN(CCCc1ccc(C(=O)N[C@H]3C(C)(C)[C@H](Oc4ccc(C#N)c(Cl)c4)C3(C)C)cn1)C2. The smallest absolute Gasteiger partial charge is 0.253 e. The van der Waals surface area contributed by atoms with Gasteiger partial charge in [-0.1, -0.05) is 39.3 Å². The number of carbonyl (C=O) groups excluding carboxylic acids is 1. The van der Waals surface area contributed by atoms with Crippen LogP contribution < -0.4 is 10.1 Å². The lowest BCUT2D eigenvalue weighted by atomic mass is 9.49. The van der Waals surface area contributed by atoms with Crippen molar-refractivity contribution < 1.29 is 9.53 Å². The molecule has 3 heterocycles. The summed E-state index contributed by atoms with van der Waals surface area (Å²) in [6.07, 6.45) is 6.22. The van der Waals surface area contributed by atoms with Gasteiger partial charge in [0.05, 0.1) is 16.1 Å². The van der Waals surface area contributed by atoms with Crippen molar-refractivity contribution in [3.8, 4) is 11.8 Å². The summed E-state index contributed by atoms with van der Waals surface area (Å²) in [5.41, 5.74) is 1.40. The molecule has 2 unspecified atom stereocenters. The Morgan fingerprint density at radius 2 is 1.85 bits per heavy atom. The van der Waals surface area contributed by atoms with E-state index < -0.39 is 0 Å². The number of benzene rings is 1. The van der Waals surface area contributed by atoms with Crippen molar-refractivity contribution >= 4 is 17.5 Å². The molecule has 3 fully saturated rings. The third-order valence-electron chi connectivity index (χ3n) is 9.35. The molecule has 1 aromatic carbocycles. The van der Waals surface area contributed by atoms with Crippen LogP contribution in [0.25, 0.3) is 0 Å². The first-order valence-corrected chi connectivity index (χ1v) is 14.4. The fourth-order valence-electron chi connectivity index (χ4n) is 7.38. The summed E-state index contributed by atoms with van der Waals surface area (Å²) in [6, 6.07) is 12.4. The Labute approximate surface area is 237 Å². The Morgan fingerprint density at radius 3 is 2.44 bits per heavy atom. The lowest BCUT2D eigenvalue weighted by Crippen LogP contribution is -2.74. The third-order valence-corrected chi connectivity index (χ3v) is 9.66. The van der Waals surface area contributed by atoms with Gasteiger partial charge in [-0.05, 0) is 63.5 Å². The van der Waals surface area contributed by atoms with Gasteiger partial charge in [-0.3, -0.25) is 14.7 Å². The van der Waals surface area contributed by atoms with E-state index in [2.05, 4.69) is 60.9 Å². The number of pyridine rings is 1. The summed E-state index contributed by atoms with van der Waals surface area (Å²) in [5.74, 6) is 0.502. The zero-order valence-electron chi connectivity index (χ0n) is 23.7.